The molecule has 0 spiro atoms. The van der Waals surface area contributed by atoms with E-state index >= 15 is 0 Å². The lowest BCUT2D eigenvalue weighted by atomic mass is 10.2. The number of aromatic nitrogens is 2. The summed E-state index contributed by atoms with van der Waals surface area (Å²) in [6, 6.07) is 0.155. The van der Waals surface area contributed by atoms with Crippen molar-refractivity contribution in [1.29, 1.82) is 0 Å². The number of unbranched alkanes of at least 4 members (excludes halogenated alkanes) is 1. The molecule has 1 saturated carbocycles. The fraction of sp³-hybridized carbons (Fsp3) is 0.812. The monoisotopic (exact) mass is 352 g/mol. The van der Waals surface area contributed by atoms with Crippen molar-refractivity contribution >= 4 is 27.6 Å². The number of urea groups is 1. The van der Waals surface area contributed by atoms with E-state index in [1.807, 2.05) is 0 Å². The van der Waals surface area contributed by atoms with Crippen molar-refractivity contribution in [3.8, 4) is 0 Å². The first kappa shape index (κ1) is 17.4. The van der Waals surface area contributed by atoms with Crippen molar-refractivity contribution in [3.05, 3.63) is 0 Å². The molecular formula is C16H28N6OS. The van der Waals surface area contributed by atoms with Gasteiger partial charge in [-0.3, -0.25) is 10.2 Å². The Labute approximate surface area is 147 Å². The summed E-state index contributed by atoms with van der Waals surface area (Å²) in [5, 5.41) is 15.7. The first-order chi connectivity index (χ1) is 11.7. The van der Waals surface area contributed by atoms with Gasteiger partial charge in [-0.15, -0.1) is 10.2 Å². The summed E-state index contributed by atoms with van der Waals surface area (Å²) in [5.41, 5.74) is 0. The highest BCUT2D eigenvalue weighted by molar-refractivity contribution is 7.19. The molecule has 24 heavy (non-hydrogen) atoms. The highest BCUT2D eigenvalue weighted by Crippen LogP contribution is 2.25. The molecule has 1 aliphatic heterocycles. The van der Waals surface area contributed by atoms with Crippen molar-refractivity contribution in [1.82, 2.24) is 20.4 Å². The Balaban J connectivity index is 1.44. The first-order valence-corrected chi connectivity index (χ1v) is 9.94. The smallest absolute Gasteiger partial charge is 0.321 e. The Morgan fingerprint density at radius 2 is 1.96 bits per heavy atom. The topological polar surface area (TPSA) is 73.4 Å². The predicted molar refractivity (Wildman–Crippen MR) is 97.9 cm³/mol. The zero-order valence-corrected chi connectivity index (χ0v) is 15.3. The number of nitrogens with zero attached hydrogens (tertiary/aromatic N) is 4. The Hall–Kier alpha value is -1.41. The van der Waals surface area contributed by atoms with Gasteiger partial charge in [0.1, 0.15) is 0 Å². The minimum absolute atomic E-state index is 0.158. The quantitative estimate of drug-likeness (QED) is 0.823. The van der Waals surface area contributed by atoms with Gasteiger partial charge in [-0.25, -0.2) is 4.79 Å². The highest BCUT2D eigenvalue weighted by atomic mass is 32.1. The minimum atomic E-state index is -0.158. The molecule has 1 aliphatic carbocycles. The van der Waals surface area contributed by atoms with Gasteiger partial charge >= 0.3 is 6.03 Å². The van der Waals surface area contributed by atoms with Crippen molar-refractivity contribution in [3.63, 3.8) is 0 Å². The summed E-state index contributed by atoms with van der Waals surface area (Å²) in [6.45, 7) is 7.53. The van der Waals surface area contributed by atoms with Crippen LogP contribution < -0.4 is 15.5 Å². The lowest BCUT2D eigenvalue weighted by molar-refractivity contribution is 0.248. The van der Waals surface area contributed by atoms with Gasteiger partial charge in [0.15, 0.2) is 0 Å². The second-order valence-electron chi connectivity index (χ2n) is 6.65. The molecule has 0 radical (unpaired) electrons. The molecule has 2 N–H and O–H groups in total. The fourth-order valence-corrected chi connectivity index (χ4v) is 4.12. The summed E-state index contributed by atoms with van der Waals surface area (Å²) in [6.07, 6.45) is 7.09. The van der Waals surface area contributed by atoms with E-state index in [1.165, 1.54) is 43.6 Å². The number of anilines is 2. The number of nitrogens with one attached hydrogen (secondary N) is 2. The summed E-state index contributed by atoms with van der Waals surface area (Å²) >= 11 is 1.46. The van der Waals surface area contributed by atoms with E-state index in [1.54, 1.807) is 0 Å². The highest BCUT2D eigenvalue weighted by Gasteiger charge is 2.21. The Morgan fingerprint density at radius 3 is 2.67 bits per heavy atom. The van der Waals surface area contributed by atoms with E-state index in [4.69, 9.17) is 0 Å². The number of rotatable bonds is 6. The van der Waals surface area contributed by atoms with Crippen LogP contribution in [0.25, 0.3) is 0 Å². The molecule has 3 rings (SSSR count). The van der Waals surface area contributed by atoms with Gasteiger partial charge in [0.25, 0.3) is 0 Å². The molecule has 0 unspecified atom stereocenters. The van der Waals surface area contributed by atoms with E-state index in [2.05, 4.69) is 37.6 Å². The molecule has 8 heteroatoms. The van der Waals surface area contributed by atoms with E-state index in [9.17, 15) is 4.79 Å². The van der Waals surface area contributed by atoms with Crippen molar-refractivity contribution < 1.29 is 4.79 Å². The first-order valence-electron chi connectivity index (χ1n) is 9.13. The van der Waals surface area contributed by atoms with Gasteiger partial charge in [0, 0.05) is 32.2 Å². The molecule has 0 bridgehead atoms. The Bertz CT molecular complexity index is 522. The molecule has 134 valence electrons. The lowest BCUT2D eigenvalue weighted by Gasteiger charge is -2.34. The number of hydrogen-bond donors (Lipinski definition) is 2. The van der Waals surface area contributed by atoms with Crippen LogP contribution >= 0.6 is 11.3 Å². The van der Waals surface area contributed by atoms with Crippen LogP contribution in [0.15, 0.2) is 0 Å². The van der Waals surface area contributed by atoms with Gasteiger partial charge in [-0.2, -0.15) is 0 Å². The maximum atomic E-state index is 12.0. The third-order valence-electron chi connectivity index (χ3n) is 4.80. The van der Waals surface area contributed by atoms with Crippen LogP contribution in [0.5, 0.6) is 0 Å². The lowest BCUT2D eigenvalue weighted by Crippen LogP contribution is -2.46. The molecule has 7 nitrogen and oxygen atoms in total. The van der Waals surface area contributed by atoms with E-state index in [-0.39, 0.29) is 6.03 Å². The van der Waals surface area contributed by atoms with Crippen LogP contribution in [0, 0.1) is 0 Å². The number of piperazine rings is 1. The molecule has 2 fully saturated rings. The maximum Gasteiger partial charge on any atom is 0.321 e. The number of hydrogen-bond acceptors (Lipinski definition) is 6. The molecule has 0 aromatic carbocycles. The standard InChI is InChI=1S/C16H28N6OS/c1-2-3-8-21-9-11-22(12-10-21)16-20-19-15(24-16)18-14(23)17-13-6-4-5-7-13/h13H,2-12H2,1H3,(H2,17,18,19,23). The fourth-order valence-electron chi connectivity index (χ4n) is 3.33. The van der Waals surface area contributed by atoms with Gasteiger partial charge in [0.05, 0.1) is 0 Å². The van der Waals surface area contributed by atoms with E-state index in [0.717, 1.165) is 44.2 Å². The number of carbonyl (C=O) groups excluding carboxylic acids is 1. The Kier molecular flexibility index (Phi) is 6.25. The van der Waals surface area contributed by atoms with Crippen LogP contribution in [0.3, 0.4) is 0 Å². The molecule has 2 amide bonds. The normalized spacial score (nSPS) is 19.6. The average Bonchev–Trinajstić information content (AvgIpc) is 3.25. The van der Waals surface area contributed by atoms with Gasteiger partial charge in [-0.1, -0.05) is 37.5 Å². The summed E-state index contributed by atoms with van der Waals surface area (Å²) in [4.78, 5) is 16.8. The minimum Gasteiger partial charge on any atom is -0.344 e. The van der Waals surface area contributed by atoms with Crippen molar-refractivity contribution in [2.45, 2.75) is 51.5 Å². The van der Waals surface area contributed by atoms with Crippen LogP contribution in [0.2, 0.25) is 0 Å². The molecule has 1 aromatic rings. The van der Waals surface area contributed by atoms with Gasteiger partial charge in [0.2, 0.25) is 10.3 Å². The van der Waals surface area contributed by atoms with Gasteiger partial charge in [-0.05, 0) is 25.8 Å². The van der Waals surface area contributed by atoms with E-state index < -0.39 is 0 Å². The Morgan fingerprint density at radius 1 is 1.21 bits per heavy atom. The SMILES string of the molecule is CCCCN1CCN(c2nnc(NC(=O)NC3CCCC3)s2)CC1. The molecule has 2 aliphatic rings. The zero-order valence-electron chi connectivity index (χ0n) is 14.5. The average molecular weight is 353 g/mol. The predicted octanol–water partition coefficient (Wildman–Crippen LogP) is 2.52. The summed E-state index contributed by atoms with van der Waals surface area (Å²) in [7, 11) is 0. The molecule has 1 aromatic heterocycles. The van der Waals surface area contributed by atoms with Crippen LogP contribution in [-0.2, 0) is 0 Å². The van der Waals surface area contributed by atoms with Crippen molar-refractivity contribution in [2.75, 3.05) is 42.9 Å². The second kappa shape index (κ2) is 8.62. The summed E-state index contributed by atoms with van der Waals surface area (Å²) in [5.74, 6) is 0. The maximum absolute atomic E-state index is 12.0. The van der Waals surface area contributed by atoms with Crippen LogP contribution in [0.1, 0.15) is 45.4 Å². The number of amides is 2. The molecule has 1 saturated heterocycles. The molecule has 2 heterocycles. The van der Waals surface area contributed by atoms with Crippen LogP contribution in [-0.4, -0.2) is 59.9 Å². The zero-order chi connectivity index (χ0) is 16.8. The molecular weight excluding hydrogens is 324 g/mol. The number of carbonyl (C=O) groups is 1. The third-order valence-corrected chi connectivity index (χ3v) is 5.70. The van der Waals surface area contributed by atoms with E-state index in [0.29, 0.717) is 11.2 Å². The van der Waals surface area contributed by atoms with Crippen molar-refractivity contribution in [2.24, 2.45) is 0 Å². The second-order valence-corrected chi connectivity index (χ2v) is 7.61. The third kappa shape index (κ3) is 4.80. The van der Waals surface area contributed by atoms with Gasteiger partial charge < -0.3 is 10.2 Å². The van der Waals surface area contributed by atoms with Crippen LogP contribution in [0.4, 0.5) is 15.1 Å². The summed E-state index contributed by atoms with van der Waals surface area (Å²) < 4.78 is 0. The largest absolute Gasteiger partial charge is 0.344 e. The molecule has 0 atom stereocenters.